The molecule has 0 radical (unpaired) electrons. The Morgan fingerprint density at radius 1 is 1.42 bits per heavy atom. The van der Waals surface area contributed by atoms with E-state index in [1.54, 1.807) is 0 Å². The van der Waals surface area contributed by atoms with E-state index in [1.807, 2.05) is 0 Å². The number of halogens is 3. The van der Waals surface area contributed by atoms with Gasteiger partial charge in [0.25, 0.3) is 5.69 Å². The minimum atomic E-state index is -1.20. The summed E-state index contributed by atoms with van der Waals surface area (Å²) in [5.41, 5.74) is -0.446. The summed E-state index contributed by atoms with van der Waals surface area (Å²) in [6, 6.07) is 1.52. The van der Waals surface area contributed by atoms with Crippen LogP contribution < -0.4 is 0 Å². The number of hydrogen-bond donors (Lipinski definition) is 0. The van der Waals surface area contributed by atoms with Crippen molar-refractivity contribution in [2.45, 2.75) is 0 Å². The topological polar surface area (TPSA) is 43.1 Å². The van der Waals surface area contributed by atoms with Crippen molar-refractivity contribution in [1.29, 1.82) is 0 Å². The molecule has 0 aromatic heterocycles. The van der Waals surface area contributed by atoms with Crippen LogP contribution in [0, 0.1) is 25.3 Å². The largest absolute Gasteiger partial charge is 0.273 e. The average molecular weight is 285 g/mol. The molecule has 0 atom stereocenters. The molecule has 0 aliphatic heterocycles. The highest BCUT2D eigenvalue weighted by Gasteiger charge is 2.14. The summed E-state index contributed by atoms with van der Waals surface area (Å²) in [6.45, 7) is 0. The Kier molecular flexibility index (Phi) is 2.55. The van der Waals surface area contributed by atoms with E-state index < -0.39 is 22.2 Å². The summed E-state index contributed by atoms with van der Waals surface area (Å²) in [5, 5.41) is 10.1. The van der Waals surface area contributed by atoms with Crippen LogP contribution in [0.5, 0.6) is 0 Å². The second-order valence-corrected chi connectivity index (χ2v) is 3.14. The molecule has 0 N–H and O–H groups in total. The zero-order valence-corrected chi connectivity index (χ0v) is 7.71. The number of benzene rings is 1. The fraction of sp³-hybridized carbons (Fsp3) is 0. The van der Waals surface area contributed by atoms with Gasteiger partial charge < -0.3 is 0 Å². The molecule has 0 heterocycles. The van der Waals surface area contributed by atoms with Gasteiger partial charge in [0, 0.05) is 6.07 Å². The molecule has 0 saturated carbocycles. The van der Waals surface area contributed by atoms with E-state index in [9.17, 15) is 18.9 Å². The van der Waals surface area contributed by atoms with Crippen molar-refractivity contribution in [2.24, 2.45) is 0 Å². The fourth-order valence-electron chi connectivity index (χ4n) is 0.648. The van der Waals surface area contributed by atoms with Gasteiger partial charge in [-0.1, -0.05) is 0 Å². The number of non-ortho nitro benzene ring substituents is 1. The second-order valence-electron chi connectivity index (χ2n) is 1.98. The highest BCUT2D eigenvalue weighted by Crippen LogP contribution is 2.21. The Labute approximate surface area is 79.7 Å². The Morgan fingerprint density at radius 3 is 2.42 bits per heavy atom. The molecule has 6 heteroatoms. The smallest absolute Gasteiger partial charge is 0.258 e. The molecular weight excluding hydrogens is 283 g/mol. The fourth-order valence-corrected chi connectivity index (χ4v) is 1.22. The highest BCUT2D eigenvalue weighted by atomic mass is 127. The number of nitro benzene ring substituents is 1. The molecule has 1 aromatic carbocycles. The molecule has 0 spiro atoms. The first-order valence-electron chi connectivity index (χ1n) is 2.81. The van der Waals surface area contributed by atoms with Crippen molar-refractivity contribution in [3.05, 3.63) is 37.5 Å². The first kappa shape index (κ1) is 9.30. The van der Waals surface area contributed by atoms with Crippen LogP contribution in [0.1, 0.15) is 0 Å². The average Bonchev–Trinajstić information content (AvgIpc) is 1.99. The molecule has 0 unspecified atom stereocenters. The summed E-state index contributed by atoms with van der Waals surface area (Å²) < 4.78 is 25.0. The molecule has 0 amide bonds. The first-order chi connectivity index (χ1) is 5.52. The van der Waals surface area contributed by atoms with Crippen molar-refractivity contribution >= 4 is 28.3 Å². The maximum absolute atomic E-state index is 12.6. The van der Waals surface area contributed by atoms with Gasteiger partial charge in [-0.15, -0.1) is 0 Å². The zero-order chi connectivity index (χ0) is 9.30. The van der Waals surface area contributed by atoms with E-state index in [-0.39, 0.29) is 3.57 Å². The van der Waals surface area contributed by atoms with E-state index in [1.165, 1.54) is 22.6 Å². The van der Waals surface area contributed by atoms with Gasteiger partial charge in [0.2, 0.25) is 0 Å². The van der Waals surface area contributed by atoms with Gasteiger partial charge in [-0.2, -0.15) is 0 Å². The normalized spacial score (nSPS) is 9.92. The van der Waals surface area contributed by atoms with Gasteiger partial charge in [0.1, 0.15) is 0 Å². The van der Waals surface area contributed by atoms with Gasteiger partial charge in [0.05, 0.1) is 14.6 Å². The quantitative estimate of drug-likeness (QED) is 0.344. The van der Waals surface area contributed by atoms with Gasteiger partial charge in [0.15, 0.2) is 11.6 Å². The molecule has 1 rings (SSSR count). The maximum Gasteiger partial charge on any atom is 0.273 e. The lowest BCUT2D eigenvalue weighted by atomic mass is 10.3. The summed E-state index contributed by atoms with van der Waals surface area (Å²) in [5.74, 6) is -2.25. The van der Waals surface area contributed by atoms with Gasteiger partial charge in [-0.3, -0.25) is 10.1 Å². The predicted molar refractivity (Wildman–Crippen MR) is 45.7 cm³/mol. The lowest BCUT2D eigenvalue weighted by Crippen LogP contribution is -1.94. The molecule has 0 saturated heterocycles. The third-order valence-corrected chi connectivity index (χ3v) is 1.96. The first-order valence-corrected chi connectivity index (χ1v) is 3.89. The van der Waals surface area contributed by atoms with Gasteiger partial charge in [-0.25, -0.2) is 8.78 Å². The Hall–Kier alpha value is -0.790. The van der Waals surface area contributed by atoms with Crippen LogP contribution in [0.2, 0.25) is 0 Å². The molecule has 0 fully saturated rings. The number of rotatable bonds is 1. The standard InChI is InChI=1S/C6H2F2INO2/c7-4-1-3(10(11)12)2-5(9)6(4)8/h1-2H. The van der Waals surface area contributed by atoms with Crippen LogP contribution in [0.15, 0.2) is 12.1 Å². The number of hydrogen-bond acceptors (Lipinski definition) is 2. The summed E-state index contributed by atoms with van der Waals surface area (Å²) >= 11 is 1.49. The molecule has 1 aromatic rings. The van der Waals surface area contributed by atoms with E-state index in [2.05, 4.69) is 0 Å². The van der Waals surface area contributed by atoms with Crippen molar-refractivity contribution < 1.29 is 13.7 Å². The molecule has 64 valence electrons. The SMILES string of the molecule is O=[N+]([O-])c1cc(F)c(F)c(I)c1. The summed E-state index contributed by atoms with van der Waals surface area (Å²) in [6.07, 6.45) is 0. The van der Waals surface area contributed by atoms with Crippen LogP contribution in [0.4, 0.5) is 14.5 Å². The molecule has 0 aliphatic rings. The van der Waals surface area contributed by atoms with Crippen molar-refractivity contribution in [3.8, 4) is 0 Å². The summed E-state index contributed by atoms with van der Waals surface area (Å²) in [7, 11) is 0. The predicted octanol–water partition coefficient (Wildman–Crippen LogP) is 2.48. The Morgan fingerprint density at radius 2 is 2.00 bits per heavy atom. The molecule has 3 nitrogen and oxygen atoms in total. The van der Waals surface area contributed by atoms with Gasteiger partial charge in [-0.05, 0) is 22.6 Å². The van der Waals surface area contributed by atoms with E-state index in [4.69, 9.17) is 0 Å². The van der Waals surface area contributed by atoms with Crippen molar-refractivity contribution in [3.63, 3.8) is 0 Å². The lowest BCUT2D eigenvalue weighted by Gasteiger charge is -1.95. The second kappa shape index (κ2) is 3.30. The van der Waals surface area contributed by atoms with E-state index in [0.29, 0.717) is 6.07 Å². The van der Waals surface area contributed by atoms with Gasteiger partial charge >= 0.3 is 0 Å². The van der Waals surface area contributed by atoms with E-state index >= 15 is 0 Å². The van der Waals surface area contributed by atoms with Crippen LogP contribution in [0.3, 0.4) is 0 Å². The van der Waals surface area contributed by atoms with Crippen LogP contribution >= 0.6 is 22.6 Å². The monoisotopic (exact) mass is 285 g/mol. The summed E-state index contributed by atoms with van der Waals surface area (Å²) in [4.78, 5) is 9.36. The number of nitrogens with zero attached hydrogens (tertiary/aromatic N) is 1. The minimum absolute atomic E-state index is 0.0979. The molecular formula is C6H2F2INO2. The third kappa shape index (κ3) is 1.68. The van der Waals surface area contributed by atoms with Crippen LogP contribution in [-0.2, 0) is 0 Å². The maximum atomic E-state index is 12.6. The molecule has 12 heavy (non-hydrogen) atoms. The number of nitro groups is 1. The van der Waals surface area contributed by atoms with Crippen molar-refractivity contribution in [2.75, 3.05) is 0 Å². The van der Waals surface area contributed by atoms with E-state index in [0.717, 1.165) is 6.07 Å². The third-order valence-electron chi connectivity index (χ3n) is 1.18. The lowest BCUT2D eigenvalue weighted by molar-refractivity contribution is -0.385. The Bertz CT molecular complexity index is 319. The Balaban J connectivity index is 3.31. The molecule has 0 bridgehead atoms. The highest BCUT2D eigenvalue weighted by molar-refractivity contribution is 14.1. The zero-order valence-electron chi connectivity index (χ0n) is 5.55. The van der Waals surface area contributed by atoms with Crippen molar-refractivity contribution in [1.82, 2.24) is 0 Å². The van der Waals surface area contributed by atoms with Crippen LogP contribution in [-0.4, -0.2) is 4.92 Å². The van der Waals surface area contributed by atoms with Crippen LogP contribution in [0.25, 0.3) is 0 Å². The molecule has 0 aliphatic carbocycles. The minimum Gasteiger partial charge on any atom is -0.258 e.